The van der Waals surface area contributed by atoms with Crippen molar-refractivity contribution in [3.63, 3.8) is 0 Å². The molecule has 3 aromatic rings. The molecule has 0 saturated carbocycles. The maximum atomic E-state index is 12.1. The summed E-state index contributed by atoms with van der Waals surface area (Å²) in [6, 6.07) is 16.4. The quantitative estimate of drug-likeness (QED) is 0.347. The first-order valence-electron chi connectivity index (χ1n) is 9.42. The van der Waals surface area contributed by atoms with Crippen molar-refractivity contribution >= 4 is 35.3 Å². The van der Waals surface area contributed by atoms with Crippen LogP contribution in [0, 0.1) is 0 Å². The van der Waals surface area contributed by atoms with Crippen molar-refractivity contribution in [1.82, 2.24) is 5.43 Å². The number of nitrogens with zero attached hydrogens (tertiary/aromatic N) is 1. The number of hydrogen-bond donors (Lipinski definition) is 2. The van der Waals surface area contributed by atoms with E-state index < -0.39 is 0 Å². The summed E-state index contributed by atoms with van der Waals surface area (Å²) < 4.78 is 11.5. The average Bonchev–Trinajstić information content (AvgIpc) is 2.75. The molecule has 0 radical (unpaired) electrons. The highest BCUT2D eigenvalue weighted by atomic mass is 35.5. The zero-order chi connectivity index (χ0) is 22.2. The predicted molar refractivity (Wildman–Crippen MR) is 122 cm³/mol. The van der Waals surface area contributed by atoms with Gasteiger partial charge in [0, 0.05) is 21.2 Å². The van der Waals surface area contributed by atoms with Gasteiger partial charge < -0.3 is 14.6 Å². The number of phenolic OH excluding ortho intramolecular Hbond substituents is 1. The van der Waals surface area contributed by atoms with Gasteiger partial charge in [0.05, 0.1) is 12.8 Å². The fourth-order valence-corrected chi connectivity index (χ4v) is 3.09. The van der Waals surface area contributed by atoms with E-state index in [4.69, 9.17) is 32.7 Å². The summed E-state index contributed by atoms with van der Waals surface area (Å²) in [7, 11) is 0. The molecule has 31 heavy (non-hydrogen) atoms. The van der Waals surface area contributed by atoms with Gasteiger partial charge in [-0.3, -0.25) is 4.79 Å². The number of hydrazone groups is 1. The van der Waals surface area contributed by atoms with Gasteiger partial charge >= 0.3 is 0 Å². The number of phenols is 1. The molecule has 3 aromatic carbocycles. The molecular formula is C23H20Cl2N2O4. The minimum atomic E-state index is -0.388. The van der Waals surface area contributed by atoms with Crippen molar-refractivity contribution in [2.45, 2.75) is 13.5 Å². The summed E-state index contributed by atoms with van der Waals surface area (Å²) in [6.45, 7) is 2.58. The van der Waals surface area contributed by atoms with E-state index in [0.717, 1.165) is 5.56 Å². The second-order valence-corrected chi connectivity index (χ2v) is 7.25. The Bertz CT molecular complexity index is 1090. The van der Waals surface area contributed by atoms with E-state index in [9.17, 15) is 9.90 Å². The molecule has 0 spiro atoms. The number of benzene rings is 3. The van der Waals surface area contributed by atoms with Gasteiger partial charge in [-0.2, -0.15) is 5.10 Å². The van der Waals surface area contributed by atoms with Gasteiger partial charge in [0.1, 0.15) is 12.4 Å². The number of carbonyl (C=O) groups excluding carboxylic acids is 1. The SMILES string of the molecule is CCOc1cc(/C=N\NC(=O)c2ccc(O)cc2)ccc1OCc1ccc(Cl)cc1Cl. The Labute approximate surface area is 190 Å². The van der Waals surface area contributed by atoms with Crippen LogP contribution in [0.3, 0.4) is 0 Å². The Morgan fingerprint density at radius 1 is 1.03 bits per heavy atom. The van der Waals surface area contributed by atoms with E-state index in [1.807, 2.05) is 13.0 Å². The van der Waals surface area contributed by atoms with Crippen LogP contribution < -0.4 is 14.9 Å². The minimum Gasteiger partial charge on any atom is -0.508 e. The van der Waals surface area contributed by atoms with Crippen LogP contribution in [0.4, 0.5) is 0 Å². The lowest BCUT2D eigenvalue weighted by molar-refractivity contribution is 0.0955. The monoisotopic (exact) mass is 458 g/mol. The van der Waals surface area contributed by atoms with Gasteiger partial charge in [0.2, 0.25) is 0 Å². The number of ether oxygens (including phenoxy) is 2. The van der Waals surface area contributed by atoms with Crippen LogP contribution in [0.2, 0.25) is 10.0 Å². The number of halogens is 2. The van der Waals surface area contributed by atoms with Crippen LogP contribution in [-0.2, 0) is 6.61 Å². The van der Waals surface area contributed by atoms with Crippen LogP contribution in [0.25, 0.3) is 0 Å². The molecule has 8 heteroatoms. The molecule has 0 heterocycles. The van der Waals surface area contributed by atoms with Crippen molar-refractivity contribution in [2.24, 2.45) is 5.10 Å². The fraction of sp³-hybridized carbons (Fsp3) is 0.130. The van der Waals surface area contributed by atoms with Crippen molar-refractivity contribution < 1.29 is 19.4 Å². The molecule has 0 aliphatic rings. The number of hydrogen-bond acceptors (Lipinski definition) is 5. The minimum absolute atomic E-state index is 0.0872. The smallest absolute Gasteiger partial charge is 0.271 e. The molecule has 0 aromatic heterocycles. The van der Waals surface area contributed by atoms with Gasteiger partial charge in [-0.1, -0.05) is 29.3 Å². The molecular weight excluding hydrogens is 439 g/mol. The Balaban J connectivity index is 1.66. The Morgan fingerprint density at radius 3 is 2.52 bits per heavy atom. The average molecular weight is 459 g/mol. The summed E-state index contributed by atoms with van der Waals surface area (Å²) in [5.41, 5.74) is 4.34. The Morgan fingerprint density at radius 2 is 1.81 bits per heavy atom. The highest BCUT2D eigenvalue weighted by molar-refractivity contribution is 6.35. The topological polar surface area (TPSA) is 80.2 Å². The second-order valence-electron chi connectivity index (χ2n) is 6.41. The number of aromatic hydroxyl groups is 1. The van der Waals surface area contributed by atoms with Crippen LogP contribution in [0.5, 0.6) is 17.2 Å². The lowest BCUT2D eigenvalue weighted by Crippen LogP contribution is -2.17. The molecule has 3 rings (SSSR count). The van der Waals surface area contributed by atoms with E-state index in [-0.39, 0.29) is 18.3 Å². The van der Waals surface area contributed by atoms with E-state index in [2.05, 4.69) is 10.5 Å². The normalized spacial score (nSPS) is 10.8. The molecule has 0 aliphatic heterocycles. The highest BCUT2D eigenvalue weighted by Crippen LogP contribution is 2.30. The first-order chi connectivity index (χ1) is 15.0. The van der Waals surface area contributed by atoms with E-state index in [1.165, 1.54) is 30.5 Å². The first-order valence-corrected chi connectivity index (χ1v) is 10.2. The predicted octanol–water partition coefficient (Wildman–Crippen LogP) is 5.44. The fourth-order valence-electron chi connectivity index (χ4n) is 2.63. The standard InChI is InChI=1S/C23H20Cl2N2O4/c1-2-30-22-11-15(13-26-27-23(29)16-5-8-19(28)9-6-16)3-10-21(22)31-14-17-4-7-18(24)12-20(17)25/h3-13,28H,2,14H2,1H3,(H,27,29)/b26-13-. The molecule has 6 nitrogen and oxygen atoms in total. The lowest BCUT2D eigenvalue weighted by Gasteiger charge is -2.13. The van der Waals surface area contributed by atoms with Crippen molar-refractivity contribution in [2.75, 3.05) is 6.61 Å². The number of rotatable bonds is 8. The molecule has 0 atom stereocenters. The highest BCUT2D eigenvalue weighted by Gasteiger charge is 2.09. The molecule has 160 valence electrons. The number of nitrogens with one attached hydrogen (secondary N) is 1. The summed E-state index contributed by atoms with van der Waals surface area (Å²) in [5.74, 6) is 0.796. The third-order valence-corrected chi connectivity index (χ3v) is 4.76. The van der Waals surface area contributed by atoms with Crippen LogP contribution in [-0.4, -0.2) is 23.8 Å². The summed E-state index contributed by atoms with van der Waals surface area (Å²) in [4.78, 5) is 12.1. The molecule has 1 amide bonds. The van der Waals surface area contributed by atoms with Crippen molar-refractivity contribution in [3.8, 4) is 17.2 Å². The Hall–Kier alpha value is -3.22. The van der Waals surface area contributed by atoms with Crippen molar-refractivity contribution in [1.29, 1.82) is 0 Å². The molecule has 0 fully saturated rings. The van der Waals surface area contributed by atoms with Crippen LogP contribution in [0.1, 0.15) is 28.4 Å². The first kappa shape index (κ1) is 22.5. The van der Waals surface area contributed by atoms with Gasteiger partial charge in [-0.15, -0.1) is 0 Å². The summed E-state index contributed by atoms with van der Waals surface area (Å²) in [6.07, 6.45) is 1.50. The van der Waals surface area contributed by atoms with Gasteiger partial charge in [0.25, 0.3) is 5.91 Å². The van der Waals surface area contributed by atoms with Gasteiger partial charge in [0.15, 0.2) is 11.5 Å². The van der Waals surface area contributed by atoms with Crippen molar-refractivity contribution in [3.05, 3.63) is 87.4 Å². The van der Waals surface area contributed by atoms with Gasteiger partial charge in [-0.05, 0) is 67.1 Å². The summed E-state index contributed by atoms with van der Waals surface area (Å²) in [5, 5.41) is 14.3. The van der Waals surface area contributed by atoms with E-state index in [1.54, 1.807) is 30.3 Å². The molecule has 0 unspecified atom stereocenters. The third kappa shape index (κ3) is 6.38. The van der Waals surface area contributed by atoms with Gasteiger partial charge in [-0.25, -0.2) is 5.43 Å². The zero-order valence-electron chi connectivity index (χ0n) is 16.6. The van der Waals surface area contributed by atoms with E-state index >= 15 is 0 Å². The second kappa shape index (κ2) is 10.7. The zero-order valence-corrected chi connectivity index (χ0v) is 18.2. The largest absolute Gasteiger partial charge is 0.508 e. The van der Waals surface area contributed by atoms with Crippen LogP contribution >= 0.6 is 23.2 Å². The van der Waals surface area contributed by atoms with Crippen LogP contribution in [0.15, 0.2) is 65.8 Å². The molecule has 0 aliphatic carbocycles. The number of amides is 1. The molecule has 0 bridgehead atoms. The maximum absolute atomic E-state index is 12.1. The summed E-state index contributed by atoms with van der Waals surface area (Å²) >= 11 is 12.1. The third-order valence-electron chi connectivity index (χ3n) is 4.18. The molecule has 0 saturated heterocycles. The maximum Gasteiger partial charge on any atom is 0.271 e. The number of carbonyl (C=O) groups is 1. The lowest BCUT2D eigenvalue weighted by atomic mass is 10.2. The Kier molecular flexibility index (Phi) is 7.76. The molecule has 2 N–H and O–H groups in total. The van der Waals surface area contributed by atoms with E-state index in [0.29, 0.717) is 39.3 Å².